The van der Waals surface area contributed by atoms with Crippen molar-refractivity contribution in [3.63, 3.8) is 0 Å². The summed E-state index contributed by atoms with van der Waals surface area (Å²) in [4.78, 5) is 0. The van der Waals surface area contributed by atoms with Gasteiger partial charge in [0.25, 0.3) is 0 Å². The number of rotatable bonds is 6. The lowest BCUT2D eigenvalue weighted by Gasteiger charge is -2.55. The number of methoxy groups -OCH3 is 1. The lowest BCUT2D eigenvalue weighted by Crippen LogP contribution is -2.65. The predicted octanol–water partition coefficient (Wildman–Crippen LogP) is 2.88. The van der Waals surface area contributed by atoms with E-state index in [9.17, 15) is 0 Å². The molecule has 2 atom stereocenters. The van der Waals surface area contributed by atoms with Crippen molar-refractivity contribution in [2.75, 3.05) is 20.3 Å². The van der Waals surface area contributed by atoms with Crippen molar-refractivity contribution >= 4 is 0 Å². The van der Waals surface area contributed by atoms with Gasteiger partial charge < -0.3 is 14.8 Å². The first kappa shape index (κ1) is 13.8. The highest BCUT2D eigenvalue weighted by Gasteiger charge is 2.56. The normalized spacial score (nSPS) is 35.1. The van der Waals surface area contributed by atoms with Gasteiger partial charge in [-0.1, -0.05) is 12.8 Å². The molecule has 3 aliphatic rings. The van der Waals surface area contributed by atoms with E-state index < -0.39 is 0 Å². The van der Waals surface area contributed by atoms with Crippen LogP contribution in [0.4, 0.5) is 0 Å². The van der Waals surface area contributed by atoms with Gasteiger partial charge in [-0.2, -0.15) is 0 Å². The first-order valence-corrected chi connectivity index (χ1v) is 8.15. The fraction of sp³-hybridized carbons (Fsp3) is 1.00. The zero-order valence-corrected chi connectivity index (χ0v) is 12.5. The summed E-state index contributed by atoms with van der Waals surface area (Å²) >= 11 is 0. The Morgan fingerprint density at radius 1 is 1.11 bits per heavy atom. The number of ether oxygens (including phenoxy) is 2. The van der Waals surface area contributed by atoms with Crippen LogP contribution in [-0.2, 0) is 9.47 Å². The zero-order chi connectivity index (χ0) is 13.3. The topological polar surface area (TPSA) is 30.5 Å². The second-order valence-electron chi connectivity index (χ2n) is 6.79. The molecule has 0 aliphatic heterocycles. The van der Waals surface area contributed by atoms with Gasteiger partial charge in [0.2, 0.25) is 0 Å². The first-order chi connectivity index (χ1) is 9.25. The van der Waals surface area contributed by atoms with Crippen LogP contribution >= 0.6 is 0 Å². The quantitative estimate of drug-likeness (QED) is 0.802. The second-order valence-corrected chi connectivity index (χ2v) is 6.79. The molecule has 110 valence electrons. The maximum atomic E-state index is 5.97. The summed E-state index contributed by atoms with van der Waals surface area (Å²) in [6.45, 7) is 4.02. The average Bonchev–Trinajstić information content (AvgIpc) is 2.87. The van der Waals surface area contributed by atoms with Crippen LogP contribution in [0.3, 0.4) is 0 Å². The van der Waals surface area contributed by atoms with E-state index in [1.54, 1.807) is 0 Å². The van der Waals surface area contributed by atoms with Crippen LogP contribution in [0.5, 0.6) is 0 Å². The van der Waals surface area contributed by atoms with Crippen molar-refractivity contribution in [3.8, 4) is 0 Å². The highest BCUT2D eigenvalue weighted by molar-refractivity contribution is 5.10. The molecule has 2 unspecified atom stereocenters. The standard InChI is InChI=1S/C16H29NO2/c1-3-19-14-11-13(16(14)9-4-5-10-16)17-12-15(18-2)7-6-8-15/h13-14,17H,3-12H2,1-2H3. The summed E-state index contributed by atoms with van der Waals surface area (Å²) in [6.07, 6.45) is 11.0. The summed E-state index contributed by atoms with van der Waals surface area (Å²) in [5.74, 6) is 0. The van der Waals surface area contributed by atoms with Crippen molar-refractivity contribution < 1.29 is 9.47 Å². The molecular formula is C16H29NO2. The fourth-order valence-electron chi connectivity index (χ4n) is 4.51. The molecule has 3 nitrogen and oxygen atoms in total. The molecular weight excluding hydrogens is 238 g/mol. The Morgan fingerprint density at radius 2 is 1.84 bits per heavy atom. The first-order valence-electron chi connectivity index (χ1n) is 8.15. The van der Waals surface area contributed by atoms with Gasteiger partial charge in [-0.25, -0.2) is 0 Å². The van der Waals surface area contributed by atoms with Crippen molar-refractivity contribution in [2.45, 2.75) is 76.0 Å². The Bertz CT molecular complexity index is 302. The third-order valence-corrected chi connectivity index (χ3v) is 6.06. The molecule has 1 spiro atoms. The van der Waals surface area contributed by atoms with Gasteiger partial charge in [-0.05, 0) is 45.4 Å². The lowest BCUT2D eigenvalue weighted by atomic mass is 9.60. The molecule has 0 amide bonds. The number of hydrogen-bond acceptors (Lipinski definition) is 3. The van der Waals surface area contributed by atoms with Crippen LogP contribution in [0.2, 0.25) is 0 Å². The molecule has 0 aromatic carbocycles. The number of nitrogens with one attached hydrogen (secondary N) is 1. The molecule has 0 bridgehead atoms. The van der Waals surface area contributed by atoms with E-state index >= 15 is 0 Å². The van der Waals surface area contributed by atoms with Crippen molar-refractivity contribution in [2.24, 2.45) is 5.41 Å². The third kappa shape index (κ3) is 2.24. The van der Waals surface area contributed by atoms with Gasteiger partial charge in [0.05, 0.1) is 11.7 Å². The van der Waals surface area contributed by atoms with Gasteiger partial charge in [0.15, 0.2) is 0 Å². The minimum absolute atomic E-state index is 0.149. The van der Waals surface area contributed by atoms with E-state index in [0.717, 1.165) is 13.2 Å². The summed E-state index contributed by atoms with van der Waals surface area (Å²) < 4.78 is 11.7. The highest BCUT2D eigenvalue weighted by Crippen LogP contribution is 2.55. The molecule has 3 saturated carbocycles. The highest BCUT2D eigenvalue weighted by atomic mass is 16.5. The van der Waals surface area contributed by atoms with E-state index in [1.165, 1.54) is 51.4 Å². The summed E-state index contributed by atoms with van der Waals surface area (Å²) in [5.41, 5.74) is 0.602. The van der Waals surface area contributed by atoms with E-state index in [2.05, 4.69) is 12.2 Å². The van der Waals surface area contributed by atoms with Gasteiger partial charge in [-0.3, -0.25) is 0 Å². The zero-order valence-electron chi connectivity index (χ0n) is 12.5. The molecule has 3 heteroatoms. The van der Waals surface area contributed by atoms with E-state index in [4.69, 9.17) is 9.47 Å². The van der Waals surface area contributed by atoms with E-state index in [-0.39, 0.29) is 5.60 Å². The van der Waals surface area contributed by atoms with Crippen molar-refractivity contribution in [3.05, 3.63) is 0 Å². The SMILES string of the molecule is CCOC1CC(NCC2(OC)CCC2)C12CCCC2. The maximum absolute atomic E-state index is 5.97. The Hall–Kier alpha value is -0.120. The summed E-state index contributed by atoms with van der Waals surface area (Å²) in [6, 6.07) is 0.666. The van der Waals surface area contributed by atoms with Crippen LogP contribution in [-0.4, -0.2) is 38.0 Å². The Balaban J connectivity index is 1.56. The molecule has 3 aliphatic carbocycles. The minimum Gasteiger partial charge on any atom is -0.378 e. The van der Waals surface area contributed by atoms with Crippen molar-refractivity contribution in [1.82, 2.24) is 5.32 Å². The monoisotopic (exact) mass is 267 g/mol. The minimum atomic E-state index is 0.149. The van der Waals surface area contributed by atoms with Crippen LogP contribution < -0.4 is 5.32 Å². The van der Waals surface area contributed by atoms with Gasteiger partial charge in [-0.15, -0.1) is 0 Å². The average molecular weight is 267 g/mol. The van der Waals surface area contributed by atoms with E-state index in [0.29, 0.717) is 17.6 Å². The molecule has 19 heavy (non-hydrogen) atoms. The van der Waals surface area contributed by atoms with Gasteiger partial charge >= 0.3 is 0 Å². The molecule has 3 fully saturated rings. The van der Waals surface area contributed by atoms with Crippen molar-refractivity contribution in [1.29, 1.82) is 0 Å². The molecule has 0 heterocycles. The van der Waals surface area contributed by atoms with Crippen LogP contribution in [0.1, 0.15) is 58.3 Å². The number of hydrogen-bond donors (Lipinski definition) is 1. The molecule has 0 aromatic rings. The third-order valence-electron chi connectivity index (χ3n) is 6.06. The Kier molecular flexibility index (Phi) is 3.89. The van der Waals surface area contributed by atoms with Gasteiger partial charge in [0, 0.05) is 31.7 Å². The molecule has 0 aromatic heterocycles. The predicted molar refractivity (Wildman–Crippen MR) is 76.3 cm³/mol. The van der Waals surface area contributed by atoms with E-state index in [1.807, 2.05) is 7.11 Å². The maximum Gasteiger partial charge on any atom is 0.0802 e. The lowest BCUT2D eigenvalue weighted by molar-refractivity contribution is -0.139. The van der Waals surface area contributed by atoms with Crippen LogP contribution in [0.15, 0.2) is 0 Å². The summed E-state index contributed by atoms with van der Waals surface area (Å²) in [5, 5.41) is 3.83. The Morgan fingerprint density at radius 3 is 2.37 bits per heavy atom. The van der Waals surface area contributed by atoms with Crippen LogP contribution in [0.25, 0.3) is 0 Å². The molecule has 0 radical (unpaired) electrons. The molecule has 3 rings (SSSR count). The van der Waals surface area contributed by atoms with Crippen LogP contribution in [0, 0.1) is 5.41 Å². The van der Waals surface area contributed by atoms with Gasteiger partial charge in [0.1, 0.15) is 0 Å². The largest absolute Gasteiger partial charge is 0.378 e. The fourth-order valence-corrected chi connectivity index (χ4v) is 4.51. The molecule has 0 saturated heterocycles. The summed E-state index contributed by atoms with van der Waals surface area (Å²) in [7, 11) is 1.87. The smallest absolute Gasteiger partial charge is 0.0802 e. The second kappa shape index (κ2) is 5.34. The molecule has 1 N–H and O–H groups in total. The Labute approximate surface area is 117 Å².